The van der Waals surface area contributed by atoms with Crippen molar-refractivity contribution in [2.75, 3.05) is 27.4 Å². The number of hydrogen-bond donors (Lipinski definition) is 2. The van der Waals surface area contributed by atoms with Gasteiger partial charge in [0.25, 0.3) is 5.91 Å². The molecule has 1 unspecified atom stereocenters. The van der Waals surface area contributed by atoms with E-state index in [0.717, 1.165) is 6.42 Å². The van der Waals surface area contributed by atoms with Crippen LogP contribution in [0.25, 0.3) is 0 Å². The van der Waals surface area contributed by atoms with Crippen LogP contribution in [0.5, 0.6) is 11.5 Å². The lowest BCUT2D eigenvalue weighted by molar-refractivity contribution is -0.127. The molecule has 1 aromatic carbocycles. The Morgan fingerprint density at radius 3 is 2.76 bits per heavy atom. The van der Waals surface area contributed by atoms with Crippen LogP contribution in [0.2, 0.25) is 0 Å². The molecule has 2 N–H and O–H groups in total. The molecule has 1 rings (SSSR count). The van der Waals surface area contributed by atoms with E-state index in [1.54, 1.807) is 39.3 Å². The molecule has 0 aliphatic rings. The summed E-state index contributed by atoms with van der Waals surface area (Å²) in [5, 5.41) is 12.1. The second-order valence-corrected chi connectivity index (χ2v) is 4.53. The number of carbonyl (C=O) groups excluding carboxylic acids is 1. The fourth-order valence-corrected chi connectivity index (χ4v) is 1.74. The molecule has 0 bridgehead atoms. The van der Waals surface area contributed by atoms with Crippen molar-refractivity contribution in [2.24, 2.45) is 0 Å². The zero-order valence-electron chi connectivity index (χ0n) is 12.7. The van der Waals surface area contributed by atoms with Crippen molar-refractivity contribution >= 4 is 5.91 Å². The van der Waals surface area contributed by atoms with Crippen LogP contribution in [-0.2, 0) is 16.1 Å². The molecule has 0 fully saturated rings. The summed E-state index contributed by atoms with van der Waals surface area (Å²) in [6.45, 7) is 2.62. The Morgan fingerprint density at radius 2 is 2.14 bits per heavy atom. The highest BCUT2D eigenvalue weighted by atomic mass is 16.5. The number of hydrogen-bond acceptors (Lipinski definition) is 5. The number of aliphatic hydroxyl groups excluding tert-OH is 1. The molecule has 21 heavy (non-hydrogen) atoms. The van der Waals surface area contributed by atoms with Gasteiger partial charge in [0.1, 0.15) is 11.5 Å². The summed E-state index contributed by atoms with van der Waals surface area (Å²) < 4.78 is 15.6. The fourth-order valence-electron chi connectivity index (χ4n) is 1.74. The second-order valence-electron chi connectivity index (χ2n) is 4.53. The minimum atomic E-state index is -0.647. The Labute approximate surface area is 125 Å². The van der Waals surface area contributed by atoms with Gasteiger partial charge in [0, 0.05) is 25.8 Å². The van der Waals surface area contributed by atoms with Gasteiger partial charge in [-0.1, -0.05) is 0 Å². The van der Waals surface area contributed by atoms with E-state index in [1.807, 2.05) is 0 Å². The third kappa shape index (κ3) is 5.61. The highest BCUT2D eigenvalue weighted by molar-refractivity contribution is 5.80. The standard InChI is InChI=1S/C15H23NO5/c1-11(15(18)16-7-4-8-19-2)21-14-6-5-13(20-3)9-12(14)10-17/h5-6,9,11,17H,4,7-8,10H2,1-3H3,(H,16,18). The summed E-state index contributed by atoms with van der Waals surface area (Å²) in [5.74, 6) is 0.895. The Kier molecular flexibility index (Phi) is 7.56. The van der Waals surface area contributed by atoms with Crippen molar-refractivity contribution in [3.63, 3.8) is 0 Å². The molecule has 1 atom stereocenters. The van der Waals surface area contributed by atoms with Crippen LogP contribution in [0.15, 0.2) is 18.2 Å². The first kappa shape index (κ1) is 17.3. The number of methoxy groups -OCH3 is 2. The first-order valence-corrected chi connectivity index (χ1v) is 6.83. The van der Waals surface area contributed by atoms with E-state index in [1.165, 1.54) is 0 Å². The zero-order valence-corrected chi connectivity index (χ0v) is 12.7. The normalized spacial score (nSPS) is 11.8. The molecule has 118 valence electrons. The van der Waals surface area contributed by atoms with Crippen LogP contribution in [0, 0.1) is 0 Å². The second kappa shape index (κ2) is 9.20. The van der Waals surface area contributed by atoms with Crippen LogP contribution in [0.3, 0.4) is 0 Å². The molecule has 0 saturated carbocycles. The summed E-state index contributed by atoms with van der Waals surface area (Å²) >= 11 is 0. The number of amides is 1. The summed E-state index contributed by atoms with van der Waals surface area (Å²) in [6, 6.07) is 5.08. The van der Waals surface area contributed by atoms with E-state index < -0.39 is 6.10 Å². The quantitative estimate of drug-likeness (QED) is 0.668. The topological polar surface area (TPSA) is 77.0 Å². The van der Waals surface area contributed by atoms with Crippen LogP contribution in [-0.4, -0.2) is 44.5 Å². The Hall–Kier alpha value is -1.79. The predicted octanol–water partition coefficient (Wildman–Crippen LogP) is 1.11. The molecule has 0 saturated heterocycles. The molecule has 6 heteroatoms. The number of carbonyl (C=O) groups is 1. The smallest absolute Gasteiger partial charge is 0.260 e. The molecule has 1 aromatic rings. The maximum atomic E-state index is 11.9. The number of benzene rings is 1. The molecule has 0 aromatic heterocycles. The Bertz CT molecular complexity index is 450. The van der Waals surface area contributed by atoms with Gasteiger partial charge in [0.2, 0.25) is 0 Å². The lowest BCUT2D eigenvalue weighted by Crippen LogP contribution is -2.37. The number of ether oxygens (including phenoxy) is 3. The van der Waals surface area contributed by atoms with Gasteiger partial charge in [-0.15, -0.1) is 0 Å². The van der Waals surface area contributed by atoms with E-state index >= 15 is 0 Å². The van der Waals surface area contributed by atoms with Crippen molar-refractivity contribution in [3.05, 3.63) is 23.8 Å². The summed E-state index contributed by atoms with van der Waals surface area (Å²) in [7, 11) is 3.17. The van der Waals surface area contributed by atoms with Crippen LogP contribution >= 0.6 is 0 Å². The SMILES string of the molecule is COCCCNC(=O)C(C)Oc1ccc(OC)cc1CO. The minimum absolute atomic E-state index is 0.186. The molecule has 1 amide bonds. The lowest BCUT2D eigenvalue weighted by atomic mass is 10.2. The van der Waals surface area contributed by atoms with Gasteiger partial charge in [-0.05, 0) is 31.5 Å². The van der Waals surface area contributed by atoms with Crippen LogP contribution in [0.1, 0.15) is 18.9 Å². The highest BCUT2D eigenvalue weighted by Crippen LogP contribution is 2.25. The first-order chi connectivity index (χ1) is 10.1. The number of rotatable bonds is 9. The van der Waals surface area contributed by atoms with E-state index in [2.05, 4.69) is 5.32 Å². The molecule has 0 aliphatic carbocycles. The van der Waals surface area contributed by atoms with E-state index in [4.69, 9.17) is 14.2 Å². The van der Waals surface area contributed by atoms with Gasteiger partial charge >= 0.3 is 0 Å². The molecule has 0 radical (unpaired) electrons. The van der Waals surface area contributed by atoms with Crippen molar-refractivity contribution in [3.8, 4) is 11.5 Å². The van der Waals surface area contributed by atoms with Crippen molar-refractivity contribution in [1.29, 1.82) is 0 Å². The Balaban J connectivity index is 2.57. The molecule has 6 nitrogen and oxygen atoms in total. The maximum absolute atomic E-state index is 11.9. The van der Waals surface area contributed by atoms with Gasteiger partial charge in [-0.3, -0.25) is 4.79 Å². The van der Waals surface area contributed by atoms with E-state index in [-0.39, 0.29) is 12.5 Å². The lowest BCUT2D eigenvalue weighted by Gasteiger charge is -2.17. The Morgan fingerprint density at radius 1 is 1.38 bits per heavy atom. The fraction of sp³-hybridized carbons (Fsp3) is 0.533. The third-order valence-electron chi connectivity index (χ3n) is 2.94. The van der Waals surface area contributed by atoms with Crippen LogP contribution in [0.4, 0.5) is 0 Å². The molecular formula is C15H23NO5. The predicted molar refractivity (Wildman–Crippen MR) is 78.5 cm³/mol. The largest absolute Gasteiger partial charge is 0.497 e. The van der Waals surface area contributed by atoms with Crippen molar-refractivity contribution in [2.45, 2.75) is 26.1 Å². The number of aliphatic hydroxyl groups is 1. The van der Waals surface area contributed by atoms with Gasteiger partial charge in [-0.2, -0.15) is 0 Å². The van der Waals surface area contributed by atoms with Gasteiger partial charge in [-0.25, -0.2) is 0 Å². The minimum Gasteiger partial charge on any atom is -0.497 e. The highest BCUT2D eigenvalue weighted by Gasteiger charge is 2.16. The summed E-state index contributed by atoms with van der Waals surface area (Å²) in [5.41, 5.74) is 0.577. The average molecular weight is 297 g/mol. The zero-order chi connectivity index (χ0) is 15.7. The van der Waals surface area contributed by atoms with E-state index in [0.29, 0.717) is 30.2 Å². The molecule has 0 aliphatic heterocycles. The molecule has 0 heterocycles. The van der Waals surface area contributed by atoms with Crippen LogP contribution < -0.4 is 14.8 Å². The van der Waals surface area contributed by atoms with Gasteiger partial charge in [0.05, 0.1) is 13.7 Å². The monoisotopic (exact) mass is 297 g/mol. The van der Waals surface area contributed by atoms with Crippen molar-refractivity contribution < 1.29 is 24.1 Å². The average Bonchev–Trinajstić information content (AvgIpc) is 2.51. The van der Waals surface area contributed by atoms with E-state index in [9.17, 15) is 9.90 Å². The summed E-state index contributed by atoms with van der Waals surface area (Å²) in [4.78, 5) is 11.9. The third-order valence-corrected chi connectivity index (χ3v) is 2.94. The number of nitrogens with one attached hydrogen (secondary N) is 1. The van der Waals surface area contributed by atoms with Gasteiger partial charge < -0.3 is 24.6 Å². The molecular weight excluding hydrogens is 274 g/mol. The summed E-state index contributed by atoms with van der Waals surface area (Å²) in [6.07, 6.45) is 0.102. The van der Waals surface area contributed by atoms with Crippen molar-refractivity contribution in [1.82, 2.24) is 5.32 Å². The molecule has 0 spiro atoms. The first-order valence-electron chi connectivity index (χ1n) is 6.83. The maximum Gasteiger partial charge on any atom is 0.260 e. The van der Waals surface area contributed by atoms with Gasteiger partial charge in [0.15, 0.2) is 6.10 Å².